The minimum Gasteiger partial charge on any atom is -0.387 e. The Bertz CT molecular complexity index is 1180. The van der Waals surface area contributed by atoms with Crippen LogP contribution in [0.15, 0.2) is 29.8 Å². The number of ether oxygens (including phenoxy) is 2. The van der Waals surface area contributed by atoms with Gasteiger partial charge >= 0.3 is 7.75 Å². The second-order valence-electron chi connectivity index (χ2n) is 6.78. The summed E-state index contributed by atoms with van der Waals surface area (Å²) in [6.45, 7) is -0.474. The molecule has 5 heterocycles. The minimum atomic E-state index is -4.23. The van der Waals surface area contributed by atoms with Gasteiger partial charge in [-0.2, -0.15) is 4.98 Å². The summed E-state index contributed by atoms with van der Waals surface area (Å²) in [5, 5.41) is 10.7. The number of fused-ring (bicyclic) bond motifs is 3. The number of aromatic nitrogens is 6. The third-order valence-electron chi connectivity index (χ3n) is 4.99. The van der Waals surface area contributed by atoms with Crippen molar-refractivity contribution in [3.63, 3.8) is 0 Å². The molecule has 5 atom stereocenters. The molecule has 0 radical (unpaired) electrons. The van der Waals surface area contributed by atoms with Gasteiger partial charge in [0.2, 0.25) is 5.95 Å². The number of rotatable bonds is 5. The fraction of sp³-hybridized carbons (Fsp3) is 0.429. The Kier molecular flexibility index (Phi) is 3.93. The quantitative estimate of drug-likeness (QED) is 0.351. The van der Waals surface area contributed by atoms with Gasteiger partial charge in [-0.25, -0.2) is 18.9 Å². The highest BCUT2D eigenvalue weighted by Crippen LogP contribution is 2.50. The number of H-pyrrole nitrogens is 1. The van der Waals surface area contributed by atoms with E-state index >= 15 is 0 Å². The highest BCUT2D eigenvalue weighted by molar-refractivity contribution is 7.51. The molecule has 5 N–H and O–H groups in total. The number of anilines is 1. The summed E-state index contributed by atoms with van der Waals surface area (Å²) < 4.78 is 31.5. The van der Waals surface area contributed by atoms with Crippen LogP contribution in [-0.4, -0.2) is 69.9 Å². The number of aliphatic hydroxyl groups excluding tert-OH is 1. The van der Waals surface area contributed by atoms with E-state index < -0.39 is 43.9 Å². The van der Waals surface area contributed by atoms with Crippen LogP contribution in [0, 0.1) is 0 Å². The molecular formula is C14H16N7O7P. The normalized spacial score (nSPS) is 30.8. The van der Waals surface area contributed by atoms with Crippen LogP contribution in [0.4, 0.5) is 5.95 Å². The van der Waals surface area contributed by atoms with Crippen molar-refractivity contribution in [3.05, 3.63) is 35.4 Å². The third kappa shape index (κ3) is 2.73. The molecule has 0 amide bonds. The molecule has 2 bridgehead atoms. The van der Waals surface area contributed by atoms with E-state index in [0.717, 1.165) is 10.7 Å². The zero-order valence-electron chi connectivity index (χ0n) is 14.7. The Morgan fingerprint density at radius 2 is 2.31 bits per heavy atom. The molecule has 0 spiro atoms. The smallest absolute Gasteiger partial charge is 0.387 e. The van der Waals surface area contributed by atoms with Crippen LogP contribution in [-0.2, 0) is 18.6 Å². The Balaban J connectivity index is 1.44. The molecule has 2 fully saturated rings. The zero-order valence-corrected chi connectivity index (χ0v) is 15.5. The van der Waals surface area contributed by atoms with Crippen molar-refractivity contribution in [1.29, 1.82) is 0 Å². The summed E-state index contributed by atoms with van der Waals surface area (Å²) in [5.41, 5.74) is 3.90. The standard InChI is InChI=1S/C14H16N7O7P/c15-13-18-10-7(11(23)19-13)17-6-21(10)12-8-9(22)14(28-12,3-26-8)4-27-29(24,25)20-2-1-16-5-20/h1-2,5-6,8-9,12,22H,3-4H2,(H,24,25)(H3,15,18,19,23)/t8?,9-,12-,14-/m1/s1. The Morgan fingerprint density at radius 1 is 1.48 bits per heavy atom. The Hall–Kier alpha value is -2.61. The minimum absolute atomic E-state index is 0.0466. The number of nitrogens with one attached hydrogen (secondary N) is 1. The van der Waals surface area contributed by atoms with Crippen molar-refractivity contribution in [2.24, 2.45) is 0 Å². The molecule has 0 aliphatic carbocycles. The Labute approximate surface area is 161 Å². The number of nitrogen functional groups attached to an aromatic ring is 1. The number of nitrogens with zero attached hydrogens (tertiary/aromatic N) is 5. The number of aliphatic hydroxyl groups is 1. The van der Waals surface area contributed by atoms with E-state index in [1.165, 1.54) is 23.3 Å². The zero-order chi connectivity index (χ0) is 20.4. The summed E-state index contributed by atoms with van der Waals surface area (Å²) in [5.74, 6) is -0.103. The average Bonchev–Trinajstić information content (AvgIpc) is 3.44. The summed E-state index contributed by atoms with van der Waals surface area (Å²) >= 11 is 0. The molecule has 3 aromatic heterocycles. The maximum atomic E-state index is 12.4. The second kappa shape index (κ2) is 6.19. The first-order chi connectivity index (χ1) is 13.8. The molecule has 14 nitrogen and oxygen atoms in total. The van der Waals surface area contributed by atoms with E-state index in [4.69, 9.17) is 19.7 Å². The van der Waals surface area contributed by atoms with Crippen LogP contribution in [0.5, 0.6) is 0 Å². The van der Waals surface area contributed by atoms with E-state index in [9.17, 15) is 19.4 Å². The molecule has 2 saturated heterocycles. The van der Waals surface area contributed by atoms with Crippen LogP contribution >= 0.6 is 7.75 Å². The summed E-state index contributed by atoms with van der Waals surface area (Å²) in [7, 11) is -4.23. The van der Waals surface area contributed by atoms with Gasteiger partial charge in [0.15, 0.2) is 17.4 Å². The SMILES string of the molecule is Nc1nc2c(ncn2[C@@H]2O[C@@]3(COP(=O)(O)n4ccnc4)COC2[C@H]3O)c(=O)[nH]1. The van der Waals surface area contributed by atoms with Gasteiger partial charge in [0.1, 0.15) is 24.1 Å². The summed E-state index contributed by atoms with van der Waals surface area (Å²) in [4.78, 5) is 36.2. The molecule has 2 aliphatic heterocycles. The van der Waals surface area contributed by atoms with Crippen LogP contribution in [0.2, 0.25) is 0 Å². The highest BCUT2D eigenvalue weighted by Gasteiger charge is 2.62. The third-order valence-corrected chi connectivity index (χ3v) is 6.28. The lowest BCUT2D eigenvalue weighted by molar-refractivity contribution is -0.183. The summed E-state index contributed by atoms with van der Waals surface area (Å²) in [6, 6.07) is 0. The maximum absolute atomic E-state index is 12.4. The second-order valence-corrected chi connectivity index (χ2v) is 8.48. The summed E-state index contributed by atoms with van der Waals surface area (Å²) in [6.07, 6.45) is 2.20. The molecular weight excluding hydrogens is 409 g/mol. The number of aromatic amines is 1. The highest BCUT2D eigenvalue weighted by atomic mass is 31.2. The van der Waals surface area contributed by atoms with Crippen molar-refractivity contribution >= 4 is 24.9 Å². The maximum Gasteiger partial charge on any atom is 0.437 e. The molecule has 15 heteroatoms. The Morgan fingerprint density at radius 3 is 3.07 bits per heavy atom. The van der Waals surface area contributed by atoms with Gasteiger partial charge in [-0.05, 0) is 0 Å². The van der Waals surface area contributed by atoms with Crippen molar-refractivity contribution in [3.8, 4) is 0 Å². The number of imidazole rings is 2. The lowest BCUT2D eigenvalue weighted by Crippen LogP contribution is -2.44. The van der Waals surface area contributed by atoms with Crippen LogP contribution < -0.4 is 11.3 Å². The molecule has 29 heavy (non-hydrogen) atoms. The van der Waals surface area contributed by atoms with Crippen LogP contribution in [0.1, 0.15) is 6.23 Å². The van der Waals surface area contributed by atoms with E-state index in [2.05, 4.69) is 19.9 Å². The lowest BCUT2D eigenvalue weighted by Gasteiger charge is -2.31. The predicted molar refractivity (Wildman–Crippen MR) is 94.6 cm³/mol. The number of hydrogen-bond acceptors (Lipinski definition) is 10. The molecule has 2 unspecified atom stereocenters. The first-order valence-electron chi connectivity index (χ1n) is 8.47. The van der Waals surface area contributed by atoms with Gasteiger partial charge in [-0.15, -0.1) is 0 Å². The average molecular weight is 425 g/mol. The van der Waals surface area contributed by atoms with Crippen molar-refractivity contribution < 1.29 is 28.6 Å². The monoisotopic (exact) mass is 425 g/mol. The van der Waals surface area contributed by atoms with E-state index in [0.29, 0.717) is 0 Å². The molecule has 154 valence electrons. The fourth-order valence-electron chi connectivity index (χ4n) is 3.53. The molecule has 2 aliphatic rings. The lowest BCUT2D eigenvalue weighted by atomic mass is 10.0. The fourth-order valence-corrected chi connectivity index (χ4v) is 4.47. The topological polar surface area (TPSA) is 193 Å². The van der Waals surface area contributed by atoms with E-state index in [1.54, 1.807) is 0 Å². The number of hydrogen-bond donors (Lipinski definition) is 4. The van der Waals surface area contributed by atoms with Gasteiger partial charge in [0, 0.05) is 12.4 Å². The van der Waals surface area contributed by atoms with Gasteiger partial charge in [0.05, 0.1) is 19.5 Å². The first-order valence-corrected chi connectivity index (χ1v) is 10.00. The van der Waals surface area contributed by atoms with Crippen LogP contribution in [0.3, 0.4) is 0 Å². The molecule has 0 saturated carbocycles. The molecule has 5 rings (SSSR count). The van der Waals surface area contributed by atoms with Gasteiger partial charge in [-0.1, -0.05) is 0 Å². The van der Waals surface area contributed by atoms with Crippen molar-refractivity contribution in [2.45, 2.75) is 24.0 Å². The van der Waals surface area contributed by atoms with E-state index in [-0.39, 0.29) is 23.7 Å². The van der Waals surface area contributed by atoms with Crippen molar-refractivity contribution in [2.75, 3.05) is 18.9 Å². The van der Waals surface area contributed by atoms with Gasteiger partial charge in [0.25, 0.3) is 5.56 Å². The molecule has 3 aromatic rings. The van der Waals surface area contributed by atoms with E-state index in [1.807, 2.05) is 0 Å². The van der Waals surface area contributed by atoms with Crippen molar-refractivity contribution in [1.82, 2.24) is 28.8 Å². The van der Waals surface area contributed by atoms with Gasteiger partial charge in [-0.3, -0.25) is 18.9 Å². The van der Waals surface area contributed by atoms with Crippen LogP contribution in [0.25, 0.3) is 11.2 Å². The largest absolute Gasteiger partial charge is 0.437 e. The molecule has 0 aromatic carbocycles. The number of nitrogens with two attached hydrogens (primary N) is 1. The van der Waals surface area contributed by atoms with Gasteiger partial charge < -0.3 is 25.2 Å². The predicted octanol–water partition coefficient (Wildman–Crippen LogP) is -1.41. The first kappa shape index (κ1) is 18.4.